The van der Waals surface area contributed by atoms with Crippen LogP contribution in [0.25, 0.3) is 0 Å². The van der Waals surface area contributed by atoms with E-state index in [2.05, 4.69) is 15.4 Å². The topological polar surface area (TPSA) is 65.4 Å². The monoisotopic (exact) mass is 266 g/mol. The van der Waals surface area contributed by atoms with Gasteiger partial charge >= 0.3 is 6.18 Å². The van der Waals surface area contributed by atoms with Crippen LogP contribution in [0.15, 0.2) is 24.3 Å². The zero-order valence-corrected chi connectivity index (χ0v) is 9.70. The number of alkyl halides is 3. The second-order valence-electron chi connectivity index (χ2n) is 3.94. The summed E-state index contributed by atoms with van der Waals surface area (Å²) in [6.45, 7) is 0. The lowest BCUT2D eigenvalue weighted by atomic mass is 10.1. The van der Waals surface area contributed by atoms with Crippen LogP contribution in [0.1, 0.15) is 22.5 Å². The number of nitrogens with zero attached hydrogens (tertiary/aromatic N) is 3. The fourth-order valence-corrected chi connectivity index (χ4v) is 1.64. The molecule has 4 nitrogen and oxygen atoms in total. The molecule has 0 amide bonds. The van der Waals surface area contributed by atoms with Gasteiger partial charge in [-0.15, -0.1) is 5.10 Å². The third-order valence-corrected chi connectivity index (χ3v) is 2.66. The van der Waals surface area contributed by atoms with Crippen LogP contribution in [0.4, 0.5) is 13.2 Å². The number of H-pyrrole nitrogens is 1. The van der Waals surface area contributed by atoms with Crippen molar-refractivity contribution in [3.63, 3.8) is 0 Å². The fourth-order valence-electron chi connectivity index (χ4n) is 1.64. The Morgan fingerprint density at radius 2 is 1.84 bits per heavy atom. The van der Waals surface area contributed by atoms with Crippen molar-refractivity contribution in [1.82, 2.24) is 15.4 Å². The quantitative estimate of drug-likeness (QED) is 0.928. The van der Waals surface area contributed by atoms with E-state index in [0.717, 1.165) is 17.7 Å². The van der Waals surface area contributed by atoms with E-state index in [1.807, 2.05) is 6.07 Å². The summed E-state index contributed by atoms with van der Waals surface area (Å²) < 4.78 is 37.1. The summed E-state index contributed by atoms with van der Waals surface area (Å²) >= 11 is 0. The van der Waals surface area contributed by atoms with Crippen LogP contribution in [-0.2, 0) is 19.0 Å². The van der Waals surface area contributed by atoms with Crippen LogP contribution in [-0.4, -0.2) is 15.4 Å². The Hall–Kier alpha value is -2.36. The van der Waals surface area contributed by atoms with E-state index < -0.39 is 11.7 Å². The maximum absolute atomic E-state index is 12.4. The molecule has 1 N–H and O–H groups in total. The molecule has 7 heteroatoms. The van der Waals surface area contributed by atoms with Gasteiger partial charge in [-0.1, -0.05) is 17.3 Å². The molecule has 0 aliphatic heterocycles. The van der Waals surface area contributed by atoms with Gasteiger partial charge in [0.2, 0.25) is 0 Å². The van der Waals surface area contributed by atoms with Gasteiger partial charge in [0.05, 0.1) is 5.56 Å². The van der Waals surface area contributed by atoms with Crippen molar-refractivity contribution in [2.75, 3.05) is 0 Å². The average molecular weight is 266 g/mol. The Bertz CT molecular complexity index is 593. The minimum absolute atomic E-state index is 0.284. The first-order valence-electron chi connectivity index (χ1n) is 5.47. The number of aromatic nitrogens is 3. The Kier molecular flexibility index (Phi) is 3.51. The first kappa shape index (κ1) is 13.1. The Labute approximate surface area is 106 Å². The van der Waals surface area contributed by atoms with Crippen LogP contribution >= 0.6 is 0 Å². The van der Waals surface area contributed by atoms with Crippen LogP contribution in [0.2, 0.25) is 0 Å². The van der Waals surface area contributed by atoms with Crippen LogP contribution < -0.4 is 0 Å². The molecule has 0 aliphatic carbocycles. The molecule has 0 bridgehead atoms. The second kappa shape index (κ2) is 5.10. The summed E-state index contributed by atoms with van der Waals surface area (Å²) in [5.41, 5.74) is 0.879. The van der Waals surface area contributed by atoms with Crippen LogP contribution in [0.3, 0.4) is 0 Å². The molecule has 19 heavy (non-hydrogen) atoms. The predicted octanol–water partition coefficient (Wildman–Crippen LogP) is 2.48. The lowest BCUT2D eigenvalue weighted by molar-refractivity contribution is -0.137. The Morgan fingerprint density at radius 1 is 1.16 bits per heavy atom. The van der Waals surface area contributed by atoms with E-state index in [1.165, 1.54) is 12.1 Å². The fraction of sp³-hybridized carbons (Fsp3) is 0.250. The van der Waals surface area contributed by atoms with Crippen molar-refractivity contribution in [2.24, 2.45) is 0 Å². The highest BCUT2D eigenvalue weighted by Gasteiger charge is 2.29. The standard InChI is InChI=1S/C12H9F3N4/c13-12(14,15)9-4-1-8(2-5-9)3-6-10-11(7-16)18-19-17-10/h1-2,4-5H,3,6H2,(H,17,18,19). The van der Waals surface area contributed by atoms with Crippen molar-refractivity contribution in [2.45, 2.75) is 19.0 Å². The first-order valence-corrected chi connectivity index (χ1v) is 5.47. The highest BCUT2D eigenvalue weighted by molar-refractivity contribution is 5.27. The third kappa shape index (κ3) is 3.10. The summed E-state index contributed by atoms with van der Waals surface area (Å²) in [4.78, 5) is 0. The zero-order valence-electron chi connectivity index (χ0n) is 9.70. The van der Waals surface area contributed by atoms with Crippen molar-refractivity contribution in [3.8, 4) is 6.07 Å². The van der Waals surface area contributed by atoms with Crippen molar-refractivity contribution >= 4 is 0 Å². The van der Waals surface area contributed by atoms with Crippen LogP contribution in [0, 0.1) is 11.3 Å². The normalized spacial score (nSPS) is 11.3. The van der Waals surface area contributed by atoms with Gasteiger partial charge in [0, 0.05) is 0 Å². The smallest absolute Gasteiger partial charge is 0.247 e. The average Bonchev–Trinajstić information content (AvgIpc) is 2.83. The highest BCUT2D eigenvalue weighted by Crippen LogP contribution is 2.29. The largest absolute Gasteiger partial charge is 0.416 e. The summed E-state index contributed by atoms with van der Waals surface area (Å²) in [6.07, 6.45) is -3.37. The molecule has 0 fully saturated rings. The molecule has 0 saturated carbocycles. The van der Waals surface area contributed by atoms with Crippen LogP contribution in [0.5, 0.6) is 0 Å². The second-order valence-corrected chi connectivity index (χ2v) is 3.94. The van der Waals surface area contributed by atoms with E-state index in [0.29, 0.717) is 18.5 Å². The molecule has 0 aliphatic rings. The van der Waals surface area contributed by atoms with Gasteiger partial charge in [0.15, 0.2) is 5.69 Å². The first-order chi connectivity index (χ1) is 9.00. The SMILES string of the molecule is N#Cc1[nH]nnc1CCc1ccc(C(F)(F)F)cc1. The molecular weight excluding hydrogens is 257 g/mol. The summed E-state index contributed by atoms with van der Waals surface area (Å²) in [5.74, 6) is 0. The van der Waals surface area contributed by atoms with Gasteiger partial charge in [-0.05, 0) is 30.5 Å². The van der Waals surface area contributed by atoms with Gasteiger partial charge < -0.3 is 0 Å². The predicted molar refractivity (Wildman–Crippen MR) is 59.9 cm³/mol. The molecule has 0 spiro atoms. The number of aryl methyl sites for hydroxylation is 2. The molecule has 0 unspecified atom stereocenters. The number of hydrogen-bond acceptors (Lipinski definition) is 3. The van der Waals surface area contributed by atoms with Crippen molar-refractivity contribution in [1.29, 1.82) is 5.26 Å². The lowest BCUT2D eigenvalue weighted by Crippen LogP contribution is -2.04. The Balaban J connectivity index is 2.03. The van der Waals surface area contributed by atoms with E-state index in [-0.39, 0.29) is 5.69 Å². The number of hydrogen-bond donors (Lipinski definition) is 1. The van der Waals surface area contributed by atoms with E-state index in [9.17, 15) is 13.2 Å². The Morgan fingerprint density at radius 3 is 2.42 bits per heavy atom. The van der Waals surface area contributed by atoms with Crippen molar-refractivity contribution < 1.29 is 13.2 Å². The van der Waals surface area contributed by atoms with Gasteiger partial charge in [-0.3, -0.25) is 0 Å². The number of rotatable bonds is 3. The third-order valence-electron chi connectivity index (χ3n) is 2.66. The van der Waals surface area contributed by atoms with E-state index >= 15 is 0 Å². The molecule has 98 valence electrons. The van der Waals surface area contributed by atoms with Gasteiger partial charge in [-0.2, -0.15) is 18.4 Å². The molecule has 1 aromatic carbocycles. The number of benzene rings is 1. The van der Waals surface area contributed by atoms with E-state index in [4.69, 9.17) is 5.26 Å². The highest BCUT2D eigenvalue weighted by atomic mass is 19.4. The number of halogens is 3. The van der Waals surface area contributed by atoms with Crippen molar-refractivity contribution in [3.05, 3.63) is 46.8 Å². The molecule has 1 aromatic heterocycles. The number of aromatic amines is 1. The van der Waals surface area contributed by atoms with E-state index in [1.54, 1.807) is 0 Å². The number of nitriles is 1. The molecule has 2 aromatic rings. The zero-order chi connectivity index (χ0) is 13.9. The summed E-state index contributed by atoms with van der Waals surface area (Å²) in [6, 6.07) is 6.85. The molecular formula is C12H9F3N4. The summed E-state index contributed by atoms with van der Waals surface area (Å²) in [5, 5.41) is 18.5. The minimum atomic E-state index is -4.32. The van der Waals surface area contributed by atoms with Gasteiger partial charge in [0.1, 0.15) is 11.8 Å². The molecule has 0 atom stereocenters. The minimum Gasteiger partial charge on any atom is -0.247 e. The molecule has 0 radical (unpaired) electrons. The number of nitrogens with one attached hydrogen (secondary N) is 1. The van der Waals surface area contributed by atoms with Gasteiger partial charge in [0.25, 0.3) is 0 Å². The molecule has 0 saturated heterocycles. The van der Waals surface area contributed by atoms with Gasteiger partial charge in [-0.25, -0.2) is 5.10 Å². The maximum atomic E-state index is 12.4. The molecule has 1 heterocycles. The maximum Gasteiger partial charge on any atom is 0.416 e. The lowest BCUT2D eigenvalue weighted by Gasteiger charge is -2.07. The molecule has 2 rings (SSSR count). The summed E-state index contributed by atoms with van der Waals surface area (Å²) in [7, 11) is 0.